The second-order valence-corrected chi connectivity index (χ2v) is 6.02. The fraction of sp³-hybridized carbons (Fsp3) is 0.600. The van der Waals surface area contributed by atoms with E-state index in [4.69, 9.17) is 5.73 Å². The van der Waals surface area contributed by atoms with Crippen LogP contribution in [0.1, 0.15) is 0 Å². The standard InChI is InChI=1S/C10H18N4O2S/c11-2-4-13-5-7-14(8-6-13)17(15,16)10-1-3-12-9-10/h1,3,9,12H,2,4-8,11H2. The topological polar surface area (TPSA) is 82.4 Å². The highest BCUT2D eigenvalue weighted by atomic mass is 32.2. The first-order chi connectivity index (χ1) is 8.14. The van der Waals surface area contributed by atoms with E-state index in [0.29, 0.717) is 24.5 Å². The largest absolute Gasteiger partial charge is 0.366 e. The molecule has 3 N–H and O–H groups in total. The Hall–Kier alpha value is -0.890. The maximum absolute atomic E-state index is 12.2. The zero-order valence-corrected chi connectivity index (χ0v) is 10.5. The van der Waals surface area contributed by atoms with Gasteiger partial charge in [0.1, 0.15) is 0 Å². The summed E-state index contributed by atoms with van der Waals surface area (Å²) in [5.41, 5.74) is 5.48. The quantitative estimate of drug-likeness (QED) is 0.746. The van der Waals surface area contributed by atoms with Crippen molar-refractivity contribution in [3.63, 3.8) is 0 Å². The molecule has 2 rings (SSSR count). The molecule has 0 spiro atoms. The van der Waals surface area contributed by atoms with E-state index in [-0.39, 0.29) is 0 Å². The summed E-state index contributed by atoms with van der Waals surface area (Å²) in [7, 11) is -3.31. The van der Waals surface area contributed by atoms with Gasteiger partial charge in [0.15, 0.2) is 0 Å². The first-order valence-corrected chi connectivity index (χ1v) is 7.14. The van der Waals surface area contributed by atoms with Crippen LogP contribution in [0.3, 0.4) is 0 Å². The number of nitrogens with two attached hydrogens (primary N) is 1. The van der Waals surface area contributed by atoms with Crippen molar-refractivity contribution in [2.24, 2.45) is 5.73 Å². The molecule has 96 valence electrons. The molecular formula is C10H18N4O2S. The molecule has 17 heavy (non-hydrogen) atoms. The minimum atomic E-state index is -3.31. The maximum Gasteiger partial charge on any atom is 0.244 e. The van der Waals surface area contributed by atoms with Gasteiger partial charge in [0, 0.05) is 51.7 Å². The van der Waals surface area contributed by atoms with Crippen molar-refractivity contribution in [1.82, 2.24) is 14.2 Å². The van der Waals surface area contributed by atoms with E-state index < -0.39 is 10.0 Å². The molecule has 1 fully saturated rings. The number of H-pyrrole nitrogens is 1. The molecule has 0 aliphatic carbocycles. The van der Waals surface area contributed by atoms with E-state index in [2.05, 4.69) is 9.88 Å². The van der Waals surface area contributed by atoms with Crippen LogP contribution < -0.4 is 5.73 Å². The summed E-state index contributed by atoms with van der Waals surface area (Å²) in [6.45, 7) is 4.02. The number of nitrogens with one attached hydrogen (secondary N) is 1. The Morgan fingerprint density at radius 2 is 2.00 bits per heavy atom. The van der Waals surface area contributed by atoms with Gasteiger partial charge in [-0.25, -0.2) is 8.42 Å². The molecular weight excluding hydrogens is 240 g/mol. The molecule has 0 radical (unpaired) electrons. The Bertz CT molecular complexity index is 435. The van der Waals surface area contributed by atoms with E-state index in [9.17, 15) is 8.42 Å². The third-order valence-corrected chi connectivity index (χ3v) is 4.88. The monoisotopic (exact) mass is 258 g/mol. The third kappa shape index (κ3) is 2.68. The van der Waals surface area contributed by atoms with Crippen LogP contribution in [-0.2, 0) is 10.0 Å². The smallest absolute Gasteiger partial charge is 0.244 e. The highest BCUT2D eigenvalue weighted by Gasteiger charge is 2.28. The van der Waals surface area contributed by atoms with Crippen LogP contribution in [0.2, 0.25) is 0 Å². The molecule has 0 bridgehead atoms. The lowest BCUT2D eigenvalue weighted by Crippen LogP contribution is -2.49. The highest BCUT2D eigenvalue weighted by Crippen LogP contribution is 2.16. The summed E-state index contributed by atoms with van der Waals surface area (Å²) in [5, 5.41) is 0. The third-order valence-electron chi connectivity index (χ3n) is 2.98. The molecule has 0 unspecified atom stereocenters. The Morgan fingerprint density at radius 3 is 2.53 bits per heavy atom. The van der Waals surface area contributed by atoms with Crippen LogP contribution in [0.15, 0.2) is 23.4 Å². The molecule has 1 aliphatic rings. The van der Waals surface area contributed by atoms with Gasteiger partial charge in [-0.05, 0) is 6.07 Å². The number of aromatic nitrogens is 1. The number of aromatic amines is 1. The number of rotatable bonds is 4. The first-order valence-electron chi connectivity index (χ1n) is 5.70. The summed E-state index contributed by atoms with van der Waals surface area (Å²) in [4.78, 5) is 5.29. The van der Waals surface area contributed by atoms with Crippen molar-refractivity contribution in [3.05, 3.63) is 18.5 Å². The van der Waals surface area contributed by atoms with Crippen molar-refractivity contribution in [2.45, 2.75) is 4.90 Å². The van der Waals surface area contributed by atoms with E-state index in [1.165, 1.54) is 10.5 Å². The van der Waals surface area contributed by atoms with Crippen LogP contribution in [0.5, 0.6) is 0 Å². The molecule has 1 aromatic rings. The minimum absolute atomic E-state index is 0.338. The van der Waals surface area contributed by atoms with Gasteiger partial charge in [0.2, 0.25) is 10.0 Å². The zero-order valence-electron chi connectivity index (χ0n) is 9.67. The van der Waals surface area contributed by atoms with Crippen LogP contribution in [0.25, 0.3) is 0 Å². The number of nitrogens with zero attached hydrogens (tertiary/aromatic N) is 2. The lowest BCUT2D eigenvalue weighted by molar-refractivity contribution is 0.192. The fourth-order valence-corrected chi connectivity index (χ4v) is 3.39. The molecule has 0 saturated carbocycles. The Kier molecular flexibility index (Phi) is 3.82. The van der Waals surface area contributed by atoms with Crippen LogP contribution in [0, 0.1) is 0 Å². The summed E-state index contributed by atoms with van der Waals surface area (Å²) in [6, 6.07) is 1.58. The second-order valence-electron chi connectivity index (χ2n) is 4.08. The molecule has 1 saturated heterocycles. The summed E-state index contributed by atoms with van der Waals surface area (Å²) in [5.74, 6) is 0. The number of piperazine rings is 1. The summed E-state index contributed by atoms with van der Waals surface area (Å²) >= 11 is 0. The Labute approximate surface area is 101 Å². The van der Waals surface area contributed by atoms with Gasteiger partial charge in [-0.2, -0.15) is 4.31 Å². The molecule has 6 nitrogen and oxygen atoms in total. The van der Waals surface area contributed by atoms with E-state index in [1.54, 1.807) is 12.3 Å². The van der Waals surface area contributed by atoms with E-state index in [1.807, 2.05) is 0 Å². The van der Waals surface area contributed by atoms with Crippen LogP contribution in [0.4, 0.5) is 0 Å². The van der Waals surface area contributed by atoms with Gasteiger partial charge >= 0.3 is 0 Å². The highest BCUT2D eigenvalue weighted by molar-refractivity contribution is 7.89. The van der Waals surface area contributed by atoms with Gasteiger partial charge in [0.25, 0.3) is 0 Å². The maximum atomic E-state index is 12.2. The second kappa shape index (κ2) is 5.18. The van der Waals surface area contributed by atoms with Crippen molar-refractivity contribution in [3.8, 4) is 0 Å². The van der Waals surface area contributed by atoms with E-state index >= 15 is 0 Å². The molecule has 1 aromatic heterocycles. The fourth-order valence-electron chi connectivity index (χ4n) is 1.99. The Morgan fingerprint density at radius 1 is 1.29 bits per heavy atom. The van der Waals surface area contributed by atoms with Gasteiger partial charge in [0.05, 0.1) is 4.90 Å². The van der Waals surface area contributed by atoms with Crippen molar-refractivity contribution in [1.29, 1.82) is 0 Å². The molecule has 0 atom stereocenters. The van der Waals surface area contributed by atoms with Crippen LogP contribution >= 0.6 is 0 Å². The van der Waals surface area contributed by atoms with Crippen LogP contribution in [-0.4, -0.2) is 61.9 Å². The molecule has 1 aliphatic heterocycles. The number of hydrogen-bond donors (Lipinski definition) is 2. The van der Waals surface area contributed by atoms with Gasteiger partial charge in [-0.15, -0.1) is 0 Å². The zero-order chi connectivity index (χ0) is 12.3. The normalized spacial score (nSPS) is 19.6. The van der Waals surface area contributed by atoms with Gasteiger partial charge < -0.3 is 10.7 Å². The molecule has 2 heterocycles. The molecule has 0 amide bonds. The van der Waals surface area contributed by atoms with Gasteiger partial charge in [-0.1, -0.05) is 0 Å². The lowest BCUT2D eigenvalue weighted by atomic mass is 10.3. The van der Waals surface area contributed by atoms with Gasteiger partial charge in [-0.3, -0.25) is 4.90 Å². The predicted molar refractivity (Wildman–Crippen MR) is 65.0 cm³/mol. The van der Waals surface area contributed by atoms with E-state index in [0.717, 1.165) is 19.6 Å². The number of hydrogen-bond acceptors (Lipinski definition) is 4. The SMILES string of the molecule is NCCN1CCN(S(=O)(=O)c2cc[nH]c2)CC1. The lowest BCUT2D eigenvalue weighted by Gasteiger charge is -2.33. The molecule has 7 heteroatoms. The average molecular weight is 258 g/mol. The van der Waals surface area contributed by atoms with Crippen molar-refractivity contribution in [2.75, 3.05) is 39.3 Å². The first kappa shape index (κ1) is 12.6. The average Bonchev–Trinajstić information content (AvgIpc) is 2.84. The Balaban J connectivity index is 2.01. The van der Waals surface area contributed by atoms with Crippen molar-refractivity contribution < 1.29 is 8.42 Å². The minimum Gasteiger partial charge on any atom is -0.366 e. The molecule has 0 aromatic carbocycles. The summed E-state index contributed by atoms with van der Waals surface area (Å²) in [6.07, 6.45) is 3.14. The number of sulfonamides is 1. The van der Waals surface area contributed by atoms with Crippen molar-refractivity contribution >= 4 is 10.0 Å². The summed E-state index contributed by atoms with van der Waals surface area (Å²) < 4.78 is 25.9. The predicted octanol–water partition coefficient (Wildman–Crippen LogP) is -0.720.